The molecule has 9 heteroatoms. The van der Waals surface area contributed by atoms with Crippen molar-refractivity contribution in [3.63, 3.8) is 0 Å². The molecule has 0 saturated carbocycles. The number of nitrogens with zero attached hydrogens (tertiary/aromatic N) is 3. The van der Waals surface area contributed by atoms with E-state index in [0.717, 1.165) is 36.2 Å². The number of hydrogen-bond donors (Lipinski definition) is 1. The van der Waals surface area contributed by atoms with E-state index in [9.17, 15) is 9.59 Å². The summed E-state index contributed by atoms with van der Waals surface area (Å²) in [4.78, 5) is 26.3. The fourth-order valence-electron chi connectivity index (χ4n) is 3.84. The van der Waals surface area contributed by atoms with E-state index in [1.54, 1.807) is 0 Å². The van der Waals surface area contributed by atoms with Gasteiger partial charge in [-0.2, -0.15) is 0 Å². The van der Waals surface area contributed by atoms with Crippen LogP contribution in [0.4, 0.5) is 5.00 Å². The first-order valence-electron chi connectivity index (χ1n) is 10.5. The molecule has 0 fully saturated rings. The second kappa shape index (κ2) is 9.46. The van der Waals surface area contributed by atoms with Crippen LogP contribution in [0.15, 0.2) is 29.4 Å². The van der Waals surface area contributed by atoms with Crippen LogP contribution in [-0.2, 0) is 29.4 Å². The van der Waals surface area contributed by atoms with Crippen LogP contribution in [0, 0.1) is 12.8 Å². The number of methoxy groups -OCH3 is 1. The molecule has 1 N–H and O–H groups in total. The summed E-state index contributed by atoms with van der Waals surface area (Å²) in [7, 11) is 3.26. The molecule has 1 unspecified atom stereocenters. The van der Waals surface area contributed by atoms with E-state index in [-0.39, 0.29) is 11.7 Å². The molecule has 1 aliphatic rings. The Bertz CT molecular complexity index is 1150. The van der Waals surface area contributed by atoms with Crippen molar-refractivity contribution in [3.05, 3.63) is 45.8 Å². The zero-order chi connectivity index (χ0) is 22.8. The molecule has 0 aliphatic heterocycles. The van der Waals surface area contributed by atoms with Crippen LogP contribution in [-0.4, -0.2) is 39.5 Å². The Labute approximate surface area is 195 Å². The van der Waals surface area contributed by atoms with Gasteiger partial charge in [0.2, 0.25) is 5.91 Å². The molecule has 2 aromatic heterocycles. The molecule has 0 radical (unpaired) electrons. The van der Waals surface area contributed by atoms with Gasteiger partial charge in [0.05, 0.1) is 18.4 Å². The van der Waals surface area contributed by atoms with Crippen LogP contribution in [0.2, 0.25) is 0 Å². The third kappa shape index (κ3) is 4.59. The molecule has 32 heavy (non-hydrogen) atoms. The van der Waals surface area contributed by atoms with Crippen molar-refractivity contribution in [2.45, 2.75) is 38.3 Å². The number of hydrogen-bond acceptors (Lipinski definition) is 7. The van der Waals surface area contributed by atoms with E-state index in [4.69, 9.17) is 4.74 Å². The number of aromatic nitrogens is 3. The van der Waals surface area contributed by atoms with Gasteiger partial charge in [-0.3, -0.25) is 4.79 Å². The number of aryl methyl sites for hydroxylation is 1. The Morgan fingerprint density at radius 2 is 2.03 bits per heavy atom. The summed E-state index contributed by atoms with van der Waals surface area (Å²) in [5.41, 5.74) is 3.69. The zero-order valence-electron chi connectivity index (χ0n) is 18.6. The highest BCUT2D eigenvalue weighted by Gasteiger charge is 2.29. The molecule has 0 bridgehead atoms. The third-order valence-electron chi connectivity index (χ3n) is 5.63. The van der Waals surface area contributed by atoms with Gasteiger partial charge in [0.15, 0.2) is 11.0 Å². The van der Waals surface area contributed by atoms with Gasteiger partial charge in [-0.25, -0.2) is 4.79 Å². The average Bonchev–Trinajstić information content (AvgIpc) is 3.31. The van der Waals surface area contributed by atoms with Crippen molar-refractivity contribution >= 4 is 40.0 Å². The number of ether oxygens (including phenoxy) is 1. The summed E-state index contributed by atoms with van der Waals surface area (Å²) < 4.78 is 6.88. The predicted molar refractivity (Wildman–Crippen MR) is 127 cm³/mol. The molecule has 2 heterocycles. The lowest BCUT2D eigenvalue weighted by atomic mass is 9.88. The van der Waals surface area contributed by atoms with Crippen LogP contribution in [0.1, 0.15) is 39.7 Å². The van der Waals surface area contributed by atoms with E-state index in [0.29, 0.717) is 21.6 Å². The summed E-state index contributed by atoms with van der Waals surface area (Å²) in [6.45, 7) is 4.25. The smallest absolute Gasteiger partial charge is 0.341 e. The van der Waals surface area contributed by atoms with Gasteiger partial charge in [0.1, 0.15) is 5.00 Å². The lowest BCUT2D eigenvalue weighted by Crippen LogP contribution is -2.17. The number of thioether (sulfide) groups is 1. The number of carbonyl (C=O) groups is 2. The van der Waals surface area contributed by atoms with E-state index in [1.165, 1.54) is 40.6 Å². The molecule has 3 aromatic rings. The molecule has 1 amide bonds. The number of rotatable bonds is 6. The standard InChI is InChI=1S/C23H26N4O3S2/c1-13-5-8-15(9-6-13)20-25-26-23(27(20)3)31-12-18(28)24-21-19(22(29)30-4)16-10-7-14(2)11-17(16)32-21/h5-6,8-9,14H,7,10-12H2,1-4H3,(H,24,28). The number of anilines is 1. The second-order valence-corrected chi connectivity index (χ2v) is 10.2. The topological polar surface area (TPSA) is 86.1 Å². The SMILES string of the molecule is COC(=O)c1c(NC(=O)CSc2nnc(-c3ccc(C)cc3)n2C)sc2c1CCC(C)C2. The second-order valence-electron chi connectivity index (χ2n) is 8.12. The quantitative estimate of drug-likeness (QED) is 0.422. The van der Waals surface area contributed by atoms with Gasteiger partial charge in [-0.05, 0) is 37.7 Å². The van der Waals surface area contributed by atoms with Crippen LogP contribution < -0.4 is 5.32 Å². The molecule has 0 saturated heterocycles. The molecule has 1 aromatic carbocycles. The van der Waals surface area contributed by atoms with Crippen molar-refractivity contribution in [3.8, 4) is 11.4 Å². The number of esters is 1. The minimum atomic E-state index is -0.393. The van der Waals surface area contributed by atoms with Crippen molar-refractivity contribution in [2.75, 3.05) is 18.2 Å². The maximum Gasteiger partial charge on any atom is 0.341 e. The summed E-state index contributed by atoms with van der Waals surface area (Å²) in [5, 5.41) is 12.7. The maximum atomic E-state index is 12.7. The molecule has 7 nitrogen and oxygen atoms in total. The maximum absolute atomic E-state index is 12.7. The normalized spacial score (nSPS) is 15.3. The Morgan fingerprint density at radius 3 is 2.75 bits per heavy atom. The molecular formula is C23H26N4O3S2. The minimum absolute atomic E-state index is 0.166. The molecular weight excluding hydrogens is 444 g/mol. The minimum Gasteiger partial charge on any atom is -0.465 e. The van der Waals surface area contributed by atoms with Gasteiger partial charge in [0.25, 0.3) is 0 Å². The first kappa shape index (κ1) is 22.5. The van der Waals surface area contributed by atoms with Crippen molar-refractivity contribution in [1.82, 2.24) is 14.8 Å². The van der Waals surface area contributed by atoms with Crippen LogP contribution in [0.5, 0.6) is 0 Å². The Balaban J connectivity index is 1.46. The van der Waals surface area contributed by atoms with Crippen LogP contribution in [0.25, 0.3) is 11.4 Å². The van der Waals surface area contributed by atoms with E-state index < -0.39 is 5.97 Å². The predicted octanol–water partition coefficient (Wildman–Crippen LogP) is 4.49. The summed E-state index contributed by atoms with van der Waals surface area (Å²) in [5.74, 6) is 0.910. The number of thiophene rings is 1. The van der Waals surface area contributed by atoms with Crippen molar-refractivity contribution < 1.29 is 14.3 Å². The fraction of sp³-hybridized carbons (Fsp3) is 0.391. The van der Waals surface area contributed by atoms with Gasteiger partial charge in [0, 0.05) is 17.5 Å². The average molecular weight is 471 g/mol. The zero-order valence-corrected chi connectivity index (χ0v) is 20.2. The number of benzene rings is 1. The molecule has 168 valence electrons. The Morgan fingerprint density at radius 1 is 1.28 bits per heavy atom. The van der Waals surface area contributed by atoms with Crippen molar-refractivity contribution in [2.24, 2.45) is 13.0 Å². The largest absolute Gasteiger partial charge is 0.465 e. The monoisotopic (exact) mass is 470 g/mol. The van der Waals surface area contributed by atoms with Gasteiger partial charge < -0.3 is 14.6 Å². The number of amides is 1. The molecule has 1 aliphatic carbocycles. The lowest BCUT2D eigenvalue weighted by molar-refractivity contribution is -0.113. The molecule has 4 rings (SSSR count). The first-order valence-corrected chi connectivity index (χ1v) is 12.3. The van der Waals surface area contributed by atoms with Gasteiger partial charge in [-0.1, -0.05) is 48.5 Å². The first-order chi connectivity index (χ1) is 15.4. The fourth-order valence-corrected chi connectivity index (χ4v) is 5.97. The summed E-state index contributed by atoms with van der Waals surface area (Å²) in [6, 6.07) is 8.08. The van der Waals surface area contributed by atoms with E-state index >= 15 is 0 Å². The Hall–Kier alpha value is -2.65. The van der Waals surface area contributed by atoms with Gasteiger partial charge >= 0.3 is 5.97 Å². The van der Waals surface area contributed by atoms with E-state index in [2.05, 4.69) is 22.4 Å². The van der Waals surface area contributed by atoms with Crippen molar-refractivity contribution in [1.29, 1.82) is 0 Å². The summed E-state index contributed by atoms with van der Waals surface area (Å²) >= 11 is 2.80. The van der Waals surface area contributed by atoms with Gasteiger partial charge in [-0.15, -0.1) is 21.5 Å². The highest BCUT2D eigenvalue weighted by Crippen LogP contribution is 2.40. The lowest BCUT2D eigenvalue weighted by Gasteiger charge is -2.18. The molecule has 0 spiro atoms. The highest BCUT2D eigenvalue weighted by atomic mass is 32.2. The summed E-state index contributed by atoms with van der Waals surface area (Å²) in [6.07, 6.45) is 2.80. The van der Waals surface area contributed by atoms with Crippen LogP contribution >= 0.6 is 23.1 Å². The number of carbonyl (C=O) groups excluding carboxylic acids is 2. The Kier molecular flexibility index (Phi) is 6.66. The highest BCUT2D eigenvalue weighted by molar-refractivity contribution is 7.99. The van der Waals surface area contributed by atoms with Crippen LogP contribution in [0.3, 0.4) is 0 Å². The third-order valence-corrected chi connectivity index (χ3v) is 7.82. The molecule has 1 atom stereocenters. The van der Waals surface area contributed by atoms with E-state index in [1.807, 2.05) is 42.8 Å². The number of fused-ring (bicyclic) bond motifs is 1. The number of nitrogens with one attached hydrogen (secondary N) is 1.